The standard InChI is InChI=1S/C35H43N3O5/c1-22-20-24(17-19-28(22)26-14-10-7-11-15-26)16-18-27-21-35(27,30(39)32(41)43-36)33(42)38-29(34(3,4)5)31(40)37-23(2)25-12-8-6-9-13-25/h6-15,17,19-20,23,27,29-30,39H,16,18,21,36H2,1-5H3,(H,37,40)(H,38,42)/t23-,27-,29-,30-,35-/m1/s1. The van der Waals surface area contributed by atoms with Crippen molar-refractivity contribution in [3.8, 4) is 11.1 Å². The van der Waals surface area contributed by atoms with Crippen molar-refractivity contribution in [3.63, 3.8) is 0 Å². The van der Waals surface area contributed by atoms with Crippen LogP contribution >= 0.6 is 0 Å². The van der Waals surface area contributed by atoms with Gasteiger partial charge < -0.3 is 20.6 Å². The summed E-state index contributed by atoms with van der Waals surface area (Å²) in [6.07, 6.45) is -0.270. The van der Waals surface area contributed by atoms with Crippen LogP contribution in [-0.4, -0.2) is 35.0 Å². The molecule has 1 saturated carbocycles. The van der Waals surface area contributed by atoms with E-state index in [0.717, 1.165) is 27.8 Å². The Kier molecular flexibility index (Phi) is 9.72. The SMILES string of the molecule is Cc1cc(CC[C@@H]2C[C@]2(C(=O)N[C@H](C(=O)N[C@H](C)c2ccccc2)C(C)(C)C)[C@H](O)C(=O)ON)ccc1-c1ccccc1. The Morgan fingerprint density at radius 1 is 1.00 bits per heavy atom. The Bertz CT molecular complexity index is 1440. The lowest BCUT2D eigenvalue weighted by Crippen LogP contribution is -2.57. The molecule has 0 spiro atoms. The van der Waals surface area contributed by atoms with Gasteiger partial charge in [0.1, 0.15) is 6.04 Å². The van der Waals surface area contributed by atoms with Gasteiger partial charge in [0, 0.05) is 0 Å². The minimum absolute atomic E-state index is 0.273. The van der Waals surface area contributed by atoms with Gasteiger partial charge in [0.2, 0.25) is 11.8 Å². The number of aryl methyl sites for hydroxylation is 2. The minimum Gasteiger partial charge on any atom is -0.380 e. The van der Waals surface area contributed by atoms with E-state index in [0.29, 0.717) is 12.8 Å². The quantitative estimate of drug-likeness (QED) is 0.240. The molecule has 3 aromatic rings. The summed E-state index contributed by atoms with van der Waals surface area (Å²) in [6, 6.07) is 24.8. The maximum atomic E-state index is 13.9. The Hall–Kier alpha value is -4.01. The van der Waals surface area contributed by atoms with Crippen molar-refractivity contribution in [3.05, 3.63) is 95.6 Å². The van der Waals surface area contributed by atoms with Gasteiger partial charge >= 0.3 is 5.97 Å². The molecule has 228 valence electrons. The van der Waals surface area contributed by atoms with Gasteiger partial charge in [-0.25, -0.2) is 4.79 Å². The summed E-state index contributed by atoms with van der Waals surface area (Å²) in [4.78, 5) is 44.1. The second kappa shape index (κ2) is 13.1. The van der Waals surface area contributed by atoms with Crippen LogP contribution in [0.25, 0.3) is 11.1 Å². The van der Waals surface area contributed by atoms with Crippen LogP contribution in [0.5, 0.6) is 0 Å². The topological polar surface area (TPSA) is 131 Å². The van der Waals surface area contributed by atoms with Crippen LogP contribution in [0.15, 0.2) is 78.9 Å². The van der Waals surface area contributed by atoms with E-state index in [1.54, 1.807) is 0 Å². The number of benzene rings is 3. The molecular weight excluding hydrogens is 542 g/mol. The molecule has 0 bridgehead atoms. The normalized spacial score (nSPS) is 19.9. The van der Waals surface area contributed by atoms with E-state index in [9.17, 15) is 19.5 Å². The van der Waals surface area contributed by atoms with Gasteiger partial charge in [-0.1, -0.05) is 99.6 Å². The van der Waals surface area contributed by atoms with Crippen molar-refractivity contribution in [2.45, 2.75) is 72.1 Å². The van der Waals surface area contributed by atoms with E-state index in [4.69, 9.17) is 5.90 Å². The fourth-order valence-corrected chi connectivity index (χ4v) is 5.95. The van der Waals surface area contributed by atoms with Gasteiger partial charge in [0.05, 0.1) is 11.5 Å². The number of hydrogen-bond donors (Lipinski definition) is 4. The van der Waals surface area contributed by atoms with Crippen molar-refractivity contribution < 1.29 is 24.3 Å². The number of aliphatic hydroxyl groups is 1. The van der Waals surface area contributed by atoms with Gasteiger partial charge in [-0.05, 0) is 72.3 Å². The zero-order valence-corrected chi connectivity index (χ0v) is 25.6. The maximum absolute atomic E-state index is 13.9. The first-order valence-corrected chi connectivity index (χ1v) is 14.8. The van der Waals surface area contributed by atoms with E-state index in [1.807, 2.05) is 76.2 Å². The van der Waals surface area contributed by atoms with E-state index >= 15 is 0 Å². The molecule has 0 heterocycles. The molecule has 8 heteroatoms. The van der Waals surface area contributed by atoms with Crippen LogP contribution in [0.3, 0.4) is 0 Å². The van der Waals surface area contributed by atoms with Crippen LogP contribution < -0.4 is 16.5 Å². The van der Waals surface area contributed by atoms with E-state index < -0.39 is 34.9 Å². The average molecular weight is 586 g/mol. The van der Waals surface area contributed by atoms with Crippen molar-refractivity contribution >= 4 is 17.8 Å². The first-order valence-electron chi connectivity index (χ1n) is 14.8. The number of nitrogens with one attached hydrogen (secondary N) is 2. The molecule has 1 aliphatic rings. The number of carbonyl (C=O) groups is 3. The molecule has 0 saturated heterocycles. The smallest absolute Gasteiger partial charge is 0.354 e. The zero-order chi connectivity index (χ0) is 31.4. The summed E-state index contributed by atoms with van der Waals surface area (Å²) < 4.78 is 0. The van der Waals surface area contributed by atoms with Crippen molar-refractivity contribution in [2.75, 3.05) is 0 Å². The number of aliphatic hydroxyl groups excluding tert-OH is 1. The Balaban J connectivity index is 1.49. The summed E-state index contributed by atoms with van der Waals surface area (Å²) in [5.74, 6) is 2.82. The fourth-order valence-electron chi connectivity index (χ4n) is 5.95. The van der Waals surface area contributed by atoms with Crippen molar-refractivity contribution in [1.29, 1.82) is 0 Å². The third-order valence-electron chi connectivity index (χ3n) is 8.62. The molecule has 1 aliphatic carbocycles. The lowest BCUT2D eigenvalue weighted by Gasteiger charge is -2.33. The summed E-state index contributed by atoms with van der Waals surface area (Å²) in [5, 5.41) is 16.9. The second-order valence-corrected chi connectivity index (χ2v) is 12.7. The third kappa shape index (κ3) is 7.14. The highest BCUT2D eigenvalue weighted by atomic mass is 16.7. The van der Waals surface area contributed by atoms with Crippen LogP contribution in [0.4, 0.5) is 0 Å². The monoisotopic (exact) mass is 585 g/mol. The highest BCUT2D eigenvalue weighted by Crippen LogP contribution is 2.58. The number of amides is 2. The molecule has 43 heavy (non-hydrogen) atoms. The first-order chi connectivity index (χ1) is 20.4. The Labute approximate surface area is 254 Å². The van der Waals surface area contributed by atoms with Gasteiger partial charge in [0.15, 0.2) is 6.10 Å². The minimum atomic E-state index is -1.75. The molecule has 0 aromatic heterocycles. The zero-order valence-electron chi connectivity index (χ0n) is 25.6. The third-order valence-corrected chi connectivity index (χ3v) is 8.62. The molecule has 8 nitrogen and oxygen atoms in total. The molecule has 0 unspecified atom stereocenters. The van der Waals surface area contributed by atoms with Crippen LogP contribution in [0, 0.1) is 23.7 Å². The number of carbonyl (C=O) groups excluding carboxylic acids is 3. The highest BCUT2D eigenvalue weighted by molar-refractivity contribution is 5.96. The lowest BCUT2D eigenvalue weighted by molar-refractivity contribution is -0.162. The Morgan fingerprint density at radius 3 is 2.21 bits per heavy atom. The van der Waals surface area contributed by atoms with Crippen LogP contribution in [-0.2, 0) is 25.6 Å². The van der Waals surface area contributed by atoms with Gasteiger partial charge in [0.25, 0.3) is 0 Å². The molecular formula is C35H43N3O5. The Morgan fingerprint density at radius 2 is 1.63 bits per heavy atom. The molecule has 5 N–H and O–H groups in total. The number of nitrogens with two attached hydrogens (primary N) is 1. The maximum Gasteiger partial charge on any atom is 0.354 e. The van der Waals surface area contributed by atoms with Gasteiger partial charge in [-0.15, -0.1) is 0 Å². The van der Waals surface area contributed by atoms with E-state index in [-0.39, 0.29) is 24.3 Å². The first kappa shape index (κ1) is 31.9. The molecule has 1 fully saturated rings. The van der Waals surface area contributed by atoms with Crippen molar-refractivity contribution in [1.82, 2.24) is 10.6 Å². The molecule has 0 aliphatic heterocycles. The van der Waals surface area contributed by atoms with Crippen LogP contribution in [0.2, 0.25) is 0 Å². The molecule has 3 aromatic carbocycles. The number of rotatable bonds is 11. The lowest BCUT2D eigenvalue weighted by atomic mass is 9.84. The predicted octanol–water partition coefficient (Wildman–Crippen LogP) is 4.79. The summed E-state index contributed by atoms with van der Waals surface area (Å²) >= 11 is 0. The fraction of sp³-hybridized carbons (Fsp3) is 0.400. The summed E-state index contributed by atoms with van der Waals surface area (Å²) in [5.41, 5.74) is 3.36. The molecule has 4 rings (SSSR count). The summed E-state index contributed by atoms with van der Waals surface area (Å²) in [6.45, 7) is 9.51. The highest BCUT2D eigenvalue weighted by Gasteiger charge is 2.66. The van der Waals surface area contributed by atoms with Gasteiger partial charge in [-0.3, -0.25) is 9.59 Å². The summed E-state index contributed by atoms with van der Waals surface area (Å²) in [7, 11) is 0. The second-order valence-electron chi connectivity index (χ2n) is 12.7. The number of hydrogen-bond acceptors (Lipinski definition) is 6. The van der Waals surface area contributed by atoms with Crippen LogP contribution in [0.1, 0.15) is 63.3 Å². The van der Waals surface area contributed by atoms with Gasteiger partial charge in [-0.2, -0.15) is 5.90 Å². The van der Waals surface area contributed by atoms with Crippen molar-refractivity contribution in [2.24, 2.45) is 22.6 Å². The molecule has 2 amide bonds. The van der Waals surface area contributed by atoms with E-state index in [1.165, 1.54) is 0 Å². The molecule has 5 atom stereocenters. The molecule has 0 radical (unpaired) electrons. The van der Waals surface area contributed by atoms with E-state index in [2.05, 4.69) is 52.7 Å². The largest absolute Gasteiger partial charge is 0.380 e. The average Bonchev–Trinajstić information content (AvgIpc) is 3.73. The predicted molar refractivity (Wildman–Crippen MR) is 166 cm³/mol.